The lowest BCUT2D eigenvalue weighted by atomic mass is 10.1. The maximum atomic E-state index is 11.9. The van der Waals surface area contributed by atoms with Gasteiger partial charge in [-0.3, -0.25) is 4.79 Å². The number of hydrogen-bond donors (Lipinski definition) is 0. The number of ketones is 1. The van der Waals surface area contributed by atoms with Crippen LogP contribution in [0.2, 0.25) is 0 Å². The predicted octanol–water partition coefficient (Wildman–Crippen LogP) is 3.57. The zero-order valence-electron chi connectivity index (χ0n) is 9.68. The summed E-state index contributed by atoms with van der Waals surface area (Å²) in [5.74, 6) is 0.945. The molecule has 0 saturated carbocycles. The van der Waals surface area contributed by atoms with Gasteiger partial charge in [0.2, 0.25) is 0 Å². The molecule has 0 unspecified atom stereocenters. The third-order valence-electron chi connectivity index (χ3n) is 2.57. The maximum Gasteiger partial charge on any atom is 0.173 e. The maximum absolute atomic E-state index is 11.9. The molecule has 2 aromatic rings. The molecular weight excluding hydrogens is 232 g/mol. The molecule has 0 aliphatic rings. The number of carbonyl (C=O) groups excluding carboxylic acids is 1. The van der Waals surface area contributed by atoms with E-state index in [9.17, 15) is 4.79 Å². The van der Waals surface area contributed by atoms with Crippen molar-refractivity contribution in [3.05, 3.63) is 52.2 Å². The summed E-state index contributed by atoms with van der Waals surface area (Å²) in [6.07, 6.45) is 1.34. The van der Waals surface area contributed by atoms with Crippen molar-refractivity contribution in [2.24, 2.45) is 0 Å². The van der Waals surface area contributed by atoms with Gasteiger partial charge in [-0.2, -0.15) is 0 Å². The van der Waals surface area contributed by atoms with Gasteiger partial charge < -0.3 is 4.74 Å². The highest BCUT2D eigenvalue weighted by atomic mass is 32.1. The fourth-order valence-electron chi connectivity index (χ4n) is 1.60. The Morgan fingerprint density at radius 3 is 2.71 bits per heavy atom. The summed E-state index contributed by atoms with van der Waals surface area (Å²) in [5.41, 5.74) is 1.20. The third kappa shape index (κ3) is 3.17. The smallest absolute Gasteiger partial charge is 0.173 e. The number of rotatable bonds is 5. The van der Waals surface area contributed by atoms with Crippen LogP contribution >= 0.6 is 11.3 Å². The van der Waals surface area contributed by atoms with Gasteiger partial charge in [0.1, 0.15) is 5.75 Å². The molecule has 0 radical (unpaired) electrons. The topological polar surface area (TPSA) is 26.3 Å². The van der Waals surface area contributed by atoms with Crippen molar-refractivity contribution in [1.29, 1.82) is 0 Å². The molecule has 0 fully saturated rings. The first kappa shape index (κ1) is 11.9. The summed E-state index contributed by atoms with van der Waals surface area (Å²) in [7, 11) is 1.61. The molecule has 3 heteroatoms. The van der Waals surface area contributed by atoms with Crippen molar-refractivity contribution < 1.29 is 9.53 Å². The molecule has 0 atom stereocenters. The largest absolute Gasteiger partial charge is 0.496 e. The average molecular weight is 246 g/mol. The van der Waals surface area contributed by atoms with E-state index < -0.39 is 0 Å². The van der Waals surface area contributed by atoms with Gasteiger partial charge in [0.25, 0.3) is 0 Å². The molecule has 0 aliphatic carbocycles. The van der Waals surface area contributed by atoms with Crippen LogP contribution in [0.3, 0.4) is 0 Å². The van der Waals surface area contributed by atoms with Crippen molar-refractivity contribution in [3.8, 4) is 5.75 Å². The number of methoxy groups -OCH3 is 1. The number of Topliss-reactive ketones (excluding diaryl/α,β-unsaturated/α-hetero) is 1. The van der Waals surface area contributed by atoms with Crippen LogP contribution in [0.5, 0.6) is 5.75 Å². The number of benzene rings is 1. The number of ether oxygens (including phenoxy) is 1. The van der Waals surface area contributed by atoms with Crippen LogP contribution in [0.4, 0.5) is 0 Å². The van der Waals surface area contributed by atoms with E-state index in [4.69, 9.17) is 4.74 Å². The molecule has 2 nitrogen and oxygen atoms in total. The Bertz CT molecular complexity index is 488. The Hall–Kier alpha value is -1.61. The van der Waals surface area contributed by atoms with Gasteiger partial charge >= 0.3 is 0 Å². The molecule has 0 bridgehead atoms. The van der Waals surface area contributed by atoms with Crippen LogP contribution in [0, 0.1) is 0 Å². The van der Waals surface area contributed by atoms with E-state index in [0.717, 1.165) is 17.0 Å². The van der Waals surface area contributed by atoms with E-state index in [-0.39, 0.29) is 5.78 Å². The van der Waals surface area contributed by atoms with Crippen LogP contribution in [-0.4, -0.2) is 12.9 Å². The first-order valence-corrected chi connectivity index (χ1v) is 6.37. The molecule has 1 heterocycles. The van der Waals surface area contributed by atoms with Crippen molar-refractivity contribution in [3.63, 3.8) is 0 Å². The van der Waals surface area contributed by atoms with Crippen LogP contribution in [0.25, 0.3) is 0 Å². The van der Waals surface area contributed by atoms with Gasteiger partial charge in [-0.25, -0.2) is 0 Å². The standard InChI is InChI=1S/C14H14O2S/c1-16-12-9-14(17-10-12)13(15)8-7-11-5-3-2-4-6-11/h2-6,9-10H,7-8H2,1H3. The molecule has 17 heavy (non-hydrogen) atoms. The summed E-state index contributed by atoms with van der Waals surface area (Å²) >= 11 is 1.44. The van der Waals surface area contributed by atoms with Crippen molar-refractivity contribution in [1.82, 2.24) is 0 Å². The Balaban J connectivity index is 1.93. The van der Waals surface area contributed by atoms with E-state index in [2.05, 4.69) is 0 Å². The van der Waals surface area contributed by atoms with Gasteiger partial charge in [-0.15, -0.1) is 11.3 Å². The van der Waals surface area contributed by atoms with Crippen LogP contribution in [0.15, 0.2) is 41.8 Å². The normalized spacial score (nSPS) is 10.2. The van der Waals surface area contributed by atoms with Gasteiger partial charge in [0.15, 0.2) is 5.78 Å². The number of thiophene rings is 1. The molecule has 1 aromatic carbocycles. The average Bonchev–Trinajstić information content (AvgIpc) is 2.86. The summed E-state index contributed by atoms with van der Waals surface area (Å²) in [6.45, 7) is 0. The highest BCUT2D eigenvalue weighted by molar-refractivity contribution is 7.12. The van der Waals surface area contributed by atoms with Gasteiger partial charge in [0.05, 0.1) is 12.0 Å². The SMILES string of the molecule is COc1csc(C(=O)CCc2ccccc2)c1. The molecule has 88 valence electrons. The molecule has 0 spiro atoms. The Labute approximate surface area is 105 Å². The van der Waals surface area contributed by atoms with E-state index in [1.165, 1.54) is 16.9 Å². The predicted molar refractivity (Wildman–Crippen MR) is 70.0 cm³/mol. The zero-order valence-corrected chi connectivity index (χ0v) is 10.5. The molecule has 0 N–H and O–H groups in total. The van der Waals surface area contributed by atoms with E-state index in [1.54, 1.807) is 13.2 Å². The second-order valence-electron chi connectivity index (χ2n) is 3.76. The molecule has 2 rings (SSSR count). The Morgan fingerprint density at radius 1 is 1.29 bits per heavy atom. The Morgan fingerprint density at radius 2 is 2.06 bits per heavy atom. The van der Waals surface area contributed by atoms with E-state index in [0.29, 0.717) is 6.42 Å². The fraction of sp³-hybridized carbons (Fsp3) is 0.214. The first-order chi connectivity index (χ1) is 8.29. The highest BCUT2D eigenvalue weighted by Gasteiger charge is 2.09. The number of hydrogen-bond acceptors (Lipinski definition) is 3. The zero-order chi connectivity index (χ0) is 12.1. The van der Waals surface area contributed by atoms with Crippen molar-refractivity contribution >= 4 is 17.1 Å². The summed E-state index contributed by atoms with van der Waals surface area (Å²) in [6, 6.07) is 11.9. The van der Waals surface area contributed by atoms with Crippen molar-refractivity contribution in [2.75, 3.05) is 7.11 Å². The third-order valence-corrected chi connectivity index (χ3v) is 3.52. The molecular formula is C14H14O2S. The molecule has 0 amide bonds. The lowest BCUT2D eigenvalue weighted by Gasteiger charge is -1.99. The van der Waals surface area contributed by atoms with Crippen molar-refractivity contribution in [2.45, 2.75) is 12.8 Å². The minimum Gasteiger partial charge on any atom is -0.496 e. The summed E-state index contributed by atoms with van der Waals surface area (Å²) in [4.78, 5) is 12.7. The monoisotopic (exact) mass is 246 g/mol. The fourth-order valence-corrected chi connectivity index (χ4v) is 2.42. The first-order valence-electron chi connectivity index (χ1n) is 5.49. The van der Waals surface area contributed by atoms with Gasteiger partial charge in [-0.05, 0) is 12.0 Å². The van der Waals surface area contributed by atoms with E-state index in [1.807, 2.05) is 35.7 Å². The van der Waals surface area contributed by atoms with Crippen LogP contribution < -0.4 is 4.74 Å². The Kier molecular flexibility index (Phi) is 3.94. The summed E-state index contributed by atoms with van der Waals surface area (Å²) in [5, 5.41) is 1.86. The number of carbonyl (C=O) groups is 1. The van der Waals surface area contributed by atoms with Crippen LogP contribution in [-0.2, 0) is 6.42 Å². The highest BCUT2D eigenvalue weighted by Crippen LogP contribution is 2.22. The lowest BCUT2D eigenvalue weighted by molar-refractivity contribution is 0.0986. The second-order valence-corrected chi connectivity index (χ2v) is 4.67. The minimum atomic E-state index is 0.183. The summed E-state index contributed by atoms with van der Waals surface area (Å²) < 4.78 is 5.07. The molecule has 1 aromatic heterocycles. The van der Waals surface area contributed by atoms with Gasteiger partial charge in [-0.1, -0.05) is 30.3 Å². The quantitative estimate of drug-likeness (QED) is 0.754. The lowest BCUT2D eigenvalue weighted by Crippen LogP contribution is -1.98. The molecule has 0 saturated heterocycles. The second kappa shape index (κ2) is 5.64. The number of aryl methyl sites for hydroxylation is 1. The minimum absolute atomic E-state index is 0.183. The van der Waals surface area contributed by atoms with Gasteiger partial charge in [0, 0.05) is 17.9 Å². The van der Waals surface area contributed by atoms with Crippen LogP contribution in [0.1, 0.15) is 21.7 Å². The molecule has 0 aliphatic heterocycles. The van der Waals surface area contributed by atoms with E-state index >= 15 is 0 Å².